The summed E-state index contributed by atoms with van der Waals surface area (Å²) in [7, 11) is -1.62. The Kier molecular flexibility index (Phi) is 7.48. The number of aromatic nitrogens is 3. The van der Waals surface area contributed by atoms with Gasteiger partial charge >= 0.3 is 0 Å². The van der Waals surface area contributed by atoms with Gasteiger partial charge in [0.05, 0.1) is 30.5 Å². The zero-order valence-electron chi connectivity index (χ0n) is 19.0. The minimum absolute atomic E-state index is 0.0197. The second-order valence-electron chi connectivity index (χ2n) is 7.46. The first-order valence-electron chi connectivity index (χ1n) is 10.4. The average Bonchev–Trinajstić information content (AvgIpc) is 2.86. The molecular formula is C23H20ClF2N5O4S. The van der Waals surface area contributed by atoms with Crippen molar-refractivity contribution in [1.82, 2.24) is 15.0 Å². The molecule has 36 heavy (non-hydrogen) atoms. The fraction of sp³-hybridized carbons (Fsp3) is 0.174. The minimum atomic E-state index is -4.43. The minimum Gasteiger partial charge on any atom is -0.480 e. The fourth-order valence-corrected chi connectivity index (χ4v) is 4.79. The van der Waals surface area contributed by atoms with E-state index >= 15 is 4.39 Å². The lowest BCUT2D eigenvalue weighted by Gasteiger charge is -2.13. The van der Waals surface area contributed by atoms with Crippen LogP contribution in [0.2, 0.25) is 5.02 Å². The van der Waals surface area contributed by atoms with Gasteiger partial charge in [0, 0.05) is 31.4 Å². The zero-order chi connectivity index (χ0) is 25.9. The van der Waals surface area contributed by atoms with E-state index in [0.29, 0.717) is 24.4 Å². The van der Waals surface area contributed by atoms with Crippen molar-refractivity contribution in [2.75, 3.05) is 37.4 Å². The molecule has 3 aromatic heterocycles. The maximum absolute atomic E-state index is 15.4. The number of nitrogens with zero attached hydrogens (tertiary/aromatic N) is 3. The summed E-state index contributed by atoms with van der Waals surface area (Å²) in [5, 5.41) is 4.53. The van der Waals surface area contributed by atoms with Crippen LogP contribution in [-0.4, -0.2) is 50.7 Å². The number of methoxy groups -OCH3 is 2. The number of hydrogen-bond donors (Lipinski definition) is 2. The van der Waals surface area contributed by atoms with Crippen LogP contribution in [0.5, 0.6) is 5.88 Å². The monoisotopic (exact) mass is 535 g/mol. The summed E-state index contributed by atoms with van der Waals surface area (Å²) in [6.45, 7) is 1.07. The van der Waals surface area contributed by atoms with Gasteiger partial charge in [-0.15, -0.1) is 0 Å². The molecule has 4 aromatic rings. The topological polar surface area (TPSA) is 115 Å². The van der Waals surface area contributed by atoms with Gasteiger partial charge in [0.15, 0.2) is 22.3 Å². The van der Waals surface area contributed by atoms with E-state index in [-0.39, 0.29) is 16.5 Å². The molecule has 0 spiro atoms. The van der Waals surface area contributed by atoms with Gasteiger partial charge < -0.3 is 14.8 Å². The molecule has 0 aliphatic carbocycles. The second kappa shape index (κ2) is 10.6. The lowest BCUT2D eigenvalue weighted by molar-refractivity contribution is 0.210. The van der Waals surface area contributed by atoms with E-state index in [1.165, 1.54) is 19.4 Å². The lowest BCUT2D eigenvalue weighted by Crippen LogP contribution is -2.17. The zero-order valence-corrected chi connectivity index (χ0v) is 20.6. The number of pyridine rings is 3. The number of benzene rings is 1. The molecule has 2 N–H and O–H groups in total. The van der Waals surface area contributed by atoms with Crippen molar-refractivity contribution >= 4 is 44.0 Å². The Bertz CT molecular complexity index is 1540. The van der Waals surface area contributed by atoms with Gasteiger partial charge in [0.1, 0.15) is 5.82 Å². The van der Waals surface area contributed by atoms with Crippen LogP contribution < -0.4 is 14.8 Å². The number of hydrogen-bond acceptors (Lipinski definition) is 8. The third-order valence-corrected chi connectivity index (χ3v) is 6.64. The van der Waals surface area contributed by atoms with Crippen LogP contribution in [0.1, 0.15) is 0 Å². The molecule has 0 saturated carbocycles. The van der Waals surface area contributed by atoms with Crippen molar-refractivity contribution in [3.63, 3.8) is 0 Å². The summed E-state index contributed by atoms with van der Waals surface area (Å²) in [4.78, 5) is 11.3. The van der Waals surface area contributed by atoms with Crippen LogP contribution in [0.3, 0.4) is 0 Å². The molecule has 9 nitrogen and oxygen atoms in total. The first-order chi connectivity index (χ1) is 17.2. The summed E-state index contributed by atoms with van der Waals surface area (Å²) in [5.41, 5.74) is -0.285. The SMILES string of the molecule is COCCNc1cc2ccc(-c3c(F)cnc(NS(=O)(=O)c4cc(Cl)cnc4OC)c3F)cc2cn1. The molecule has 0 bridgehead atoms. The van der Waals surface area contributed by atoms with Crippen molar-refractivity contribution in [3.05, 3.63) is 65.6 Å². The van der Waals surface area contributed by atoms with E-state index in [1.807, 2.05) is 4.72 Å². The highest BCUT2D eigenvalue weighted by Gasteiger charge is 2.26. The number of anilines is 2. The molecule has 0 radical (unpaired) electrons. The van der Waals surface area contributed by atoms with Gasteiger partial charge in [0.25, 0.3) is 10.0 Å². The van der Waals surface area contributed by atoms with E-state index in [4.69, 9.17) is 21.1 Å². The van der Waals surface area contributed by atoms with Gasteiger partial charge in [-0.3, -0.25) is 4.72 Å². The smallest absolute Gasteiger partial charge is 0.268 e. The van der Waals surface area contributed by atoms with Gasteiger partial charge in [-0.1, -0.05) is 23.7 Å². The molecule has 1 aromatic carbocycles. The fourth-order valence-electron chi connectivity index (χ4n) is 3.41. The Morgan fingerprint density at radius 2 is 1.81 bits per heavy atom. The van der Waals surface area contributed by atoms with Gasteiger partial charge in [-0.2, -0.15) is 0 Å². The summed E-state index contributed by atoms with van der Waals surface area (Å²) in [6.07, 6.45) is 3.49. The molecule has 0 unspecified atom stereocenters. The molecule has 3 heterocycles. The number of sulfonamides is 1. The third kappa shape index (κ3) is 5.30. The highest BCUT2D eigenvalue weighted by atomic mass is 35.5. The molecule has 188 valence electrons. The van der Waals surface area contributed by atoms with Crippen LogP contribution in [0, 0.1) is 11.6 Å². The van der Waals surface area contributed by atoms with E-state index in [9.17, 15) is 12.8 Å². The number of halogens is 3. The van der Waals surface area contributed by atoms with E-state index in [1.54, 1.807) is 31.5 Å². The normalized spacial score (nSPS) is 11.5. The average molecular weight is 536 g/mol. The highest BCUT2D eigenvalue weighted by Crippen LogP contribution is 2.33. The van der Waals surface area contributed by atoms with Gasteiger partial charge in [0.2, 0.25) is 5.88 Å². The van der Waals surface area contributed by atoms with Crippen LogP contribution in [0.15, 0.2) is 53.8 Å². The van der Waals surface area contributed by atoms with Crippen LogP contribution in [-0.2, 0) is 14.8 Å². The second-order valence-corrected chi connectivity index (χ2v) is 9.55. The predicted molar refractivity (Wildman–Crippen MR) is 132 cm³/mol. The van der Waals surface area contributed by atoms with Gasteiger partial charge in [-0.25, -0.2) is 32.2 Å². The molecule has 0 aliphatic heterocycles. The third-order valence-electron chi connectivity index (χ3n) is 5.09. The first-order valence-corrected chi connectivity index (χ1v) is 12.3. The Morgan fingerprint density at radius 3 is 2.56 bits per heavy atom. The van der Waals surface area contributed by atoms with E-state index < -0.39 is 37.9 Å². The number of rotatable bonds is 9. The Morgan fingerprint density at radius 1 is 1.00 bits per heavy atom. The molecule has 0 saturated heterocycles. The van der Waals surface area contributed by atoms with E-state index in [0.717, 1.165) is 17.6 Å². The lowest BCUT2D eigenvalue weighted by atomic mass is 10.0. The summed E-state index contributed by atoms with van der Waals surface area (Å²) < 4.78 is 67.9. The Labute approximate surface area is 210 Å². The molecule has 0 atom stereocenters. The first kappa shape index (κ1) is 25.5. The van der Waals surface area contributed by atoms with Crippen LogP contribution >= 0.6 is 11.6 Å². The van der Waals surface area contributed by atoms with Crippen molar-refractivity contribution < 1.29 is 26.7 Å². The van der Waals surface area contributed by atoms with Crippen molar-refractivity contribution in [1.29, 1.82) is 0 Å². The van der Waals surface area contributed by atoms with Gasteiger partial charge in [-0.05, 0) is 29.1 Å². The number of ether oxygens (including phenoxy) is 2. The standard InChI is InChI=1S/C23H20ClF2N5O4S/c1-34-6-5-27-19-8-13-3-4-14(7-15(13)10-28-19)20-17(25)12-29-22(21(20)26)31-36(32,33)18-9-16(24)11-30-23(18)35-2/h3-4,7-12H,5-6H2,1-2H3,(H,27,28)(H,29,31). The molecule has 0 aliphatic rings. The predicted octanol–water partition coefficient (Wildman–Crippen LogP) is 4.49. The van der Waals surface area contributed by atoms with Crippen LogP contribution in [0.4, 0.5) is 20.4 Å². The van der Waals surface area contributed by atoms with E-state index in [2.05, 4.69) is 20.3 Å². The maximum Gasteiger partial charge on any atom is 0.268 e. The molecule has 0 fully saturated rings. The Hall–Kier alpha value is -3.61. The maximum atomic E-state index is 15.4. The van der Waals surface area contributed by atoms with Crippen molar-refractivity contribution in [2.24, 2.45) is 0 Å². The highest BCUT2D eigenvalue weighted by molar-refractivity contribution is 7.92. The number of nitrogens with one attached hydrogen (secondary N) is 2. The quantitative estimate of drug-likeness (QED) is 0.301. The van der Waals surface area contributed by atoms with Crippen LogP contribution in [0.25, 0.3) is 21.9 Å². The summed E-state index contributed by atoms with van der Waals surface area (Å²) in [6, 6.07) is 7.63. The molecule has 0 amide bonds. The summed E-state index contributed by atoms with van der Waals surface area (Å²) in [5.74, 6) is -2.51. The Balaban J connectivity index is 1.70. The summed E-state index contributed by atoms with van der Waals surface area (Å²) >= 11 is 5.87. The number of fused-ring (bicyclic) bond motifs is 1. The molecule has 4 rings (SSSR count). The molecule has 13 heteroatoms. The van der Waals surface area contributed by atoms with Crippen molar-refractivity contribution in [2.45, 2.75) is 4.90 Å². The molecular weight excluding hydrogens is 516 g/mol. The largest absolute Gasteiger partial charge is 0.480 e. The van der Waals surface area contributed by atoms with Crippen molar-refractivity contribution in [3.8, 4) is 17.0 Å².